The summed E-state index contributed by atoms with van der Waals surface area (Å²) in [5.41, 5.74) is 4.09. The summed E-state index contributed by atoms with van der Waals surface area (Å²) in [5.74, 6) is -0.200. The SMILES string of the molecule is O=C(NCC(O)CN1CCc2ccccc2C1)c1cccc(NCCCO)c1. The third kappa shape index (κ3) is 5.79. The minimum atomic E-state index is -0.611. The summed E-state index contributed by atoms with van der Waals surface area (Å²) in [4.78, 5) is 14.6. The maximum absolute atomic E-state index is 12.4. The van der Waals surface area contributed by atoms with Crippen molar-refractivity contribution in [2.45, 2.75) is 25.5 Å². The number of carbonyl (C=O) groups excluding carboxylic acids is 1. The van der Waals surface area contributed by atoms with Crippen LogP contribution in [-0.4, -0.2) is 59.9 Å². The first kappa shape index (κ1) is 20.3. The number of β-amino-alcohol motifs (C(OH)–C–C–N with tert-alkyl or cyclic N) is 1. The highest BCUT2D eigenvalue weighted by atomic mass is 16.3. The highest BCUT2D eigenvalue weighted by Gasteiger charge is 2.19. The Morgan fingerprint density at radius 1 is 1.14 bits per heavy atom. The Morgan fingerprint density at radius 2 is 1.96 bits per heavy atom. The van der Waals surface area contributed by atoms with Crippen LogP contribution in [0.25, 0.3) is 0 Å². The Morgan fingerprint density at radius 3 is 2.79 bits per heavy atom. The van der Waals surface area contributed by atoms with Gasteiger partial charge in [-0.05, 0) is 42.2 Å². The van der Waals surface area contributed by atoms with Gasteiger partial charge >= 0.3 is 0 Å². The highest BCUT2D eigenvalue weighted by molar-refractivity contribution is 5.95. The average Bonchev–Trinajstić information content (AvgIpc) is 2.72. The summed E-state index contributed by atoms with van der Waals surface area (Å²) in [6, 6.07) is 15.6. The molecule has 150 valence electrons. The van der Waals surface area contributed by atoms with Gasteiger partial charge in [-0.3, -0.25) is 9.69 Å². The zero-order chi connectivity index (χ0) is 19.8. The Labute approximate surface area is 166 Å². The number of fused-ring (bicyclic) bond motifs is 1. The zero-order valence-electron chi connectivity index (χ0n) is 16.1. The lowest BCUT2D eigenvalue weighted by Gasteiger charge is -2.30. The summed E-state index contributed by atoms with van der Waals surface area (Å²) in [7, 11) is 0. The lowest BCUT2D eigenvalue weighted by molar-refractivity contribution is 0.0842. The van der Waals surface area contributed by atoms with Crippen LogP contribution in [0.2, 0.25) is 0 Å². The van der Waals surface area contributed by atoms with E-state index in [-0.39, 0.29) is 19.1 Å². The fourth-order valence-corrected chi connectivity index (χ4v) is 3.47. The van der Waals surface area contributed by atoms with E-state index in [0.717, 1.165) is 25.2 Å². The van der Waals surface area contributed by atoms with Crippen LogP contribution >= 0.6 is 0 Å². The molecule has 0 saturated carbocycles. The van der Waals surface area contributed by atoms with Gasteiger partial charge in [0.1, 0.15) is 0 Å². The number of amides is 1. The fourth-order valence-electron chi connectivity index (χ4n) is 3.47. The first-order valence-electron chi connectivity index (χ1n) is 9.86. The second-order valence-electron chi connectivity index (χ2n) is 7.20. The summed E-state index contributed by atoms with van der Waals surface area (Å²) >= 11 is 0. The molecule has 4 N–H and O–H groups in total. The van der Waals surface area contributed by atoms with Gasteiger partial charge < -0.3 is 20.8 Å². The van der Waals surface area contributed by atoms with Crippen LogP contribution in [0.15, 0.2) is 48.5 Å². The first-order valence-corrected chi connectivity index (χ1v) is 9.86. The van der Waals surface area contributed by atoms with E-state index in [1.807, 2.05) is 18.2 Å². The Bertz CT molecular complexity index is 781. The summed E-state index contributed by atoms with van der Waals surface area (Å²) in [5, 5.41) is 25.2. The number of hydrogen-bond donors (Lipinski definition) is 4. The van der Waals surface area contributed by atoms with Gasteiger partial charge in [-0.25, -0.2) is 0 Å². The van der Waals surface area contributed by atoms with Gasteiger partial charge in [0, 0.05) is 50.6 Å². The third-order valence-electron chi connectivity index (χ3n) is 4.97. The number of anilines is 1. The molecule has 0 aromatic heterocycles. The van der Waals surface area contributed by atoms with Gasteiger partial charge in [0.25, 0.3) is 5.91 Å². The molecule has 2 aromatic carbocycles. The molecule has 1 atom stereocenters. The van der Waals surface area contributed by atoms with E-state index >= 15 is 0 Å². The molecule has 0 radical (unpaired) electrons. The van der Waals surface area contributed by atoms with E-state index in [9.17, 15) is 9.90 Å². The van der Waals surface area contributed by atoms with E-state index in [0.29, 0.717) is 25.1 Å². The van der Waals surface area contributed by atoms with Gasteiger partial charge in [0.05, 0.1) is 6.10 Å². The van der Waals surface area contributed by atoms with Crippen molar-refractivity contribution in [2.24, 2.45) is 0 Å². The molecule has 6 nitrogen and oxygen atoms in total. The minimum Gasteiger partial charge on any atom is -0.396 e. The second-order valence-corrected chi connectivity index (χ2v) is 7.20. The number of nitrogens with zero attached hydrogens (tertiary/aromatic N) is 1. The molecule has 0 saturated heterocycles. The molecule has 1 unspecified atom stereocenters. The zero-order valence-corrected chi connectivity index (χ0v) is 16.1. The summed E-state index contributed by atoms with van der Waals surface area (Å²) in [6.07, 6.45) is 1.04. The van der Waals surface area contributed by atoms with E-state index in [4.69, 9.17) is 5.11 Å². The second kappa shape index (κ2) is 10.2. The molecule has 28 heavy (non-hydrogen) atoms. The van der Waals surface area contributed by atoms with Gasteiger partial charge in [-0.1, -0.05) is 30.3 Å². The van der Waals surface area contributed by atoms with E-state index < -0.39 is 6.10 Å². The standard InChI is InChI=1S/C22H29N3O3/c26-12-4-10-23-20-8-3-7-18(13-20)22(28)24-14-21(27)16-25-11-9-17-5-1-2-6-19(17)15-25/h1-3,5-8,13,21,23,26-27H,4,9-12,14-16H2,(H,24,28). The van der Waals surface area contributed by atoms with Crippen molar-refractivity contribution >= 4 is 11.6 Å². The maximum atomic E-state index is 12.4. The van der Waals surface area contributed by atoms with Crippen LogP contribution in [0.1, 0.15) is 27.9 Å². The van der Waals surface area contributed by atoms with Crippen LogP contribution in [0.4, 0.5) is 5.69 Å². The van der Waals surface area contributed by atoms with Crippen molar-refractivity contribution in [3.8, 4) is 0 Å². The highest BCUT2D eigenvalue weighted by Crippen LogP contribution is 2.18. The molecule has 0 bridgehead atoms. The molecule has 1 amide bonds. The molecule has 0 fully saturated rings. The van der Waals surface area contributed by atoms with E-state index in [1.165, 1.54) is 11.1 Å². The first-order chi connectivity index (χ1) is 13.7. The molecular formula is C22H29N3O3. The normalized spacial score (nSPS) is 14.9. The van der Waals surface area contributed by atoms with E-state index in [1.54, 1.807) is 12.1 Å². The monoisotopic (exact) mass is 383 g/mol. The predicted molar refractivity (Wildman–Crippen MR) is 110 cm³/mol. The van der Waals surface area contributed by atoms with Gasteiger partial charge in [0.15, 0.2) is 0 Å². The molecule has 0 aliphatic carbocycles. The van der Waals surface area contributed by atoms with Crippen molar-refractivity contribution in [1.29, 1.82) is 0 Å². The number of aliphatic hydroxyl groups is 2. The van der Waals surface area contributed by atoms with Crippen molar-refractivity contribution in [2.75, 3.05) is 38.1 Å². The maximum Gasteiger partial charge on any atom is 0.251 e. The van der Waals surface area contributed by atoms with Gasteiger partial charge in [-0.2, -0.15) is 0 Å². The van der Waals surface area contributed by atoms with Crippen LogP contribution in [0.5, 0.6) is 0 Å². The molecule has 0 spiro atoms. The van der Waals surface area contributed by atoms with Crippen molar-refractivity contribution in [1.82, 2.24) is 10.2 Å². The van der Waals surface area contributed by atoms with Crippen LogP contribution in [-0.2, 0) is 13.0 Å². The number of nitrogens with one attached hydrogen (secondary N) is 2. The summed E-state index contributed by atoms with van der Waals surface area (Å²) < 4.78 is 0. The number of aliphatic hydroxyl groups excluding tert-OH is 2. The van der Waals surface area contributed by atoms with Crippen LogP contribution in [0, 0.1) is 0 Å². The van der Waals surface area contributed by atoms with Crippen molar-refractivity contribution < 1.29 is 15.0 Å². The smallest absolute Gasteiger partial charge is 0.251 e. The molecule has 1 heterocycles. The van der Waals surface area contributed by atoms with Crippen molar-refractivity contribution in [3.63, 3.8) is 0 Å². The molecule has 1 aliphatic rings. The largest absolute Gasteiger partial charge is 0.396 e. The summed E-state index contributed by atoms with van der Waals surface area (Å²) in [6.45, 7) is 3.30. The van der Waals surface area contributed by atoms with Crippen molar-refractivity contribution in [3.05, 3.63) is 65.2 Å². The Kier molecular flexibility index (Phi) is 7.42. The Balaban J connectivity index is 1.45. The van der Waals surface area contributed by atoms with Crippen LogP contribution < -0.4 is 10.6 Å². The Hall–Kier alpha value is -2.41. The van der Waals surface area contributed by atoms with Crippen LogP contribution in [0.3, 0.4) is 0 Å². The lowest BCUT2D eigenvalue weighted by Crippen LogP contribution is -2.42. The molecular weight excluding hydrogens is 354 g/mol. The molecule has 3 rings (SSSR count). The van der Waals surface area contributed by atoms with E-state index in [2.05, 4.69) is 33.7 Å². The quantitative estimate of drug-likeness (QED) is 0.495. The number of carbonyl (C=O) groups is 1. The predicted octanol–water partition coefficient (Wildman–Crippen LogP) is 1.63. The third-order valence-corrected chi connectivity index (χ3v) is 4.97. The lowest BCUT2D eigenvalue weighted by atomic mass is 10.00. The van der Waals surface area contributed by atoms with Gasteiger partial charge in [0.2, 0.25) is 0 Å². The molecule has 2 aromatic rings. The number of hydrogen-bond acceptors (Lipinski definition) is 5. The fraction of sp³-hybridized carbons (Fsp3) is 0.409. The number of rotatable bonds is 9. The average molecular weight is 383 g/mol. The van der Waals surface area contributed by atoms with Gasteiger partial charge in [-0.15, -0.1) is 0 Å². The molecule has 6 heteroatoms. The molecule has 1 aliphatic heterocycles. The number of benzene rings is 2. The minimum absolute atomic E-state index is 0.133. The topological polar surface area (TPSA) is 84.8 Å².